The lowest BCUT2D eigenvalue weighted by Crippen LogP contribution is -2.38. The number of fused-ring (bicyclic) bond motifs is 1. The second-order valence-electron chi connectivity index (χ2n) is 5.87. The SMILES string of the molecule is CN=C(NCCc1ccc(F)cc1)NCc1nnc2n1CCCC2.I. The maximum atomic E-state index is 12.9. The summed E-state index contributed by atoms with van der Waals surface area (Å²) < 4.78 is 15.1. The first-order chi connectivity index (χ1) is 11.8. The van der Waals surface area contributed by atoms with Crippen LogP contribution in [0.1, 0.15) is 30.1 Å². The highest BCUT2D eigenvalue weighted by atomic mass is 127. The molecule has 0 atom stereocenters. The van der Waals surface area contributed by atoms with Gasteiger partial charge < -0.3 is 15.2 Å². The number of nitrogens with zero attached hydrogens (tertiary/aromatic N) is 4. The Kier molecular flexibility index (Phi) is 7.60. The van der Waals surface area contributed by atoms with Gasteiger partial charge >= 0.3 is 0 Å². The number of rotatable bonds is 5. The monoisotopic (exact) mass is 458 g/mol. The second-order valence-corrected chi connectivity index (χ2v) is 5.87. The summed E-state index contributed by atoms with van der Waals surface area (Å²) in [5.41, 5.74) is 1.09. The molecule has 2 aromatic rings. The fourth-order valence-corrected chi connectivity index (χ4v) is 2.86. The van der Waals surface area contributed by atoms with Crippen molar-refractivity contribution in [1.29, 1.82) is 0 Å². The van der Waals surface area contributed by atoms with Gasteiger partial charge in [0.25, 0.3) is 0 Å². The molecule has 0 spiro atoms. The number of hydrogen-bond acceptors (Lipinski definition) is 3. The molecule has 1 aliphatic rings. The first kappa shape index (κ1) is 19.6. The second kappa shape index (κ2) is 9.69. The summed E-state index contributed by atoms with van der Waals surface area (Å²) in [7, 11) is 1.74. The summed E-state index contributed by atoms with van der Waals surface area (Å²) in [6.07, 6.45) is 4.19. The maximum Gasteiger partial charge on any atom is 0.191 e. The summed E-state index contributed by atoms with van der Waals surface area (Å²) in [6, 6.07) is 6.57. The summed E-state index contributed by atoms with van der Waals surface area (Å²) in [4.78, 5) is 4.22. The van der Waals surface area contributed by atoms with E-state index in [2.05, 4.69) is 30.4 Å². The van der Waals surface area contributed by atoms with E-state index in [0.29, 0.717) is 6.54 Å². The van der Waals surface area contributed by atoms with Gasteiger partial charge in [0, 0.05) is 26.6 Å². The molecule has 0 amide bonds. The van der Waals surface area contributed by atoms with Gasteiger partial charge in [0.05, 0.1) is 6.54 Å². The molecule has 0 bridgehead atoms. The highest BCUT2D eigenvalue weighted by Gasteiger charge is 2.15. The lowest BCUT2D eigenvalue weighted by atomic mass is 10.1. The van der Waals surface area contributed by atoms with Crippen LogP contribution in [0.4, 0.5) is 4.39 Å². The normalized spacial score (nSPS) is 13.8. The number of nitrogens with one attached hydrogen (secondary N) is 2. The highest BCUT2D eigenvalue weighted by molar-refractivity contribution is 14.0. The van der Waals surface area contributed by atoms with Crippen LogP contribution >= 0.6 is 24.0 Å². The summed E-state index contributed by atoms with van der Waals surface area (Å²) in [5, 5.41) is 15.1. The number of aromatic nitrogens is 3. The van der Waals surface area contributed by atoms with E-state index in [1.807, 2.05) is 0 Å². The van der Waals surface area contributed by atoms with E-state index in [1.165, 1.54) is 25.0 Å². The molecule has 0 aliphatic carbocycles. The summed E-state index contributed by atoms with van der Waals surface area (Å²) in [5.74, 6) is 2.55. The molecular weight excluding hydrogens is 434 g/mol. The van der Waals surface area contributed by atoms with E-state index in [0.717, 1.165) is 49.1 Å². The van der Waals surface area contributed by atoms with E-state index in [9.17, 15) is 4.39 Å². The van der Waals surface area contributed by atoms with Gasteiger partial charge in [-0.2, -0.15) is 0 Å². The lowest BCUT2D eigenvalue weighted by molar-refractivity contribution is 0.504. The van der Waals surface area contributed by atoms with Gasteiger partial charge in [-0.1, -0.05) is 12.1 Å². The fourth-order valence-electron chi connectivity index (χ4n) is 2.86. The van der Waals surface area contributed by atoms with Crippen molar-refractivity contribution in [2.45, 2.75) is 38.8 Å². The molecular formula is C17H24FIN6. The Bertz CT molecular complexity index is 698. The first-order valence-corrected chi connectivity index (χ1v) is 8.36. The molecule has 2 heterocycles. The quantitative estimate of drug-likeness (QED) is 0.410. The minimum atomic E-state index is -0.208. The molecule has 136 valence electrons. The number of guanidine groups is 1. The number of aryl methyl sites for hydroxylation is 1. The molecule has 1 aromatic carbocycles. The molecule has 2 N–H and O–H groups in total. The van der Waals surface area contributed by atoms with Crippen LogP contribution in [0.15, 0.2) is 29.3 Å². The van der Waals surface area contributed by atoms with Crippen molar-refractivity contribution in [3.8, 4) is 0 Å². The zero-order valence-corrected chi connectivity index (χ0v) is 16.7. The Balaban J connectivity index is 0.00000225. The van der Waals surface area contributed by atoms with Gasteiger partial charge in [0.15, 0.2) is 11.8 Å². The molecule has 0 fully saturated rings. The van der Waals surface area contributed by atoms with Crippen LogP contribution in [-0.2, 0) is 25.9 Å². The minimum Gasteiger partial charge on any atom is -0.356 e. The molecule has 25 heavy (non-hydrogen) atoms. The largest absolute Gasteiger partial charge is 0.356 e. The molecule has 1 aromatic heterocycles. The standard InChI is InChI=1S/C17H23FN6.HI/c1-19-17(20-10-9-13-5-7-14(18)8-6-13)21-12-16-23-22-15-4-2-3-11-24(15)16;/h5-8H,2-4,9-12H2,1H3,(H2,19,20,21);1H. The minimum absolute atomic E-state index is 0. The van der Waals surface area contributed by atoms with Crippen molar-refractivity contribution in [3.63, 3.8) is 0 Å². The van der Waals surface area contributed by atoms with Crippen molar-refractivity contribution < 1.29 is 4.39 Å². The van der Waals surface area contributed by atoms with Crippen molar-refractivity contribution in [3.05, 3.63) is 47.3 Å². The molecule has 1 aliphatic heterocycles. The van der Waals surface area contributed by atoms with Crippen LogP contribution in [0.2, 0.25) is 0 Å². The summed E-state index contributed by atoms with van der Waals surface area (Å²) in [6.45, 7) is 2.32. The van der Waals surface area contributed by atoms with Crippen molar-refractivity contribution in [2.24, 2.45) is 4.99 Å². The van der Waals surface area contributed by atoms with Gasteiger partial charge in [-0.05, 0) is 37.0 Å². The van der Waals surface area contributed by atoms with E-state index in [4.69, 9.17) is 0 Å². The Morgan fingerprint density at radius 3 is 2.76 bits per heavy atom. The number of halogens is 2. The Morgan fingerprint density at radius 2 is 2.00 bits per heavy atom. The van der Waals surface area contributed by atoms with E-state index >= 15 is 0 Å². The molecule has 0 saturated heterocycles. The Hall–Kier alpha value is -1.71. The van der Waals surface area contributed by atoms with Crippen LogP contribution in [0.25, 0.3) is 0 Å². The maximum absolute atomic E-state index is 12.9. The number of aliphatic imine (C=N–C) groups is 1. The highest BCUT2D eigenvalue weighted by Crippen LogP contribution is 2.13. The van der Waals surface area contributed by atoms with Crippen LogP contribution in [-0.4, -0.2) is 34.3 Å². The molecule has 8 heteroatoms. The van der Waals surface area contributed by atoms with E-state index in [1.54, 1.807) is 19.2 Å². The average molecular weight is 458 g/mol. The zero-order valence-electron chi connectivity index (χ0n) is 14.3. The third kappa shape index (κ3) is 5.38. The van der Waals surface area contributed by atoms with Gasteiger partial charge in [-0.15, -0.1) is 34.2 Å². The van der Waals surface area contributed by atoms with E-state index in [-0.39, 0.29) is 29.8 Å². The Morgan fingerprint density at radius 1 is 1.20 bits per heavy atom. The summed E-state index contributed by atoms with van der Waals surface area (Å²) >= 11 is 0. The van der Waals surface area contributed by atoms with Gasteiger partial charge in [-0.3, -0.25) is 4.99 Å². The van der Waals surface area contributed by atoms with Crippen molar-refractivity contribution in [1.82, 2.24) is 25.4 Å². The van der Waals surface area contributed by atoms with Crippen LogP contribution in [0.5, 0.6) is 0 Å². The Labute approximate surface area is 164 Å². The topological polar surface area (TPSA) is 67.1 Å². The smallest absolute Gasteiger partial charge is 0.191 e. The zero-order chi connectivity index (χ0) is 16.8. The molecule has 0 radical (unpaired) electrons. The predicted octanol–water partition coefficient (Wildman–Crippen LogP) is 2.28. The third-order valence-corrected chi connectivity index (χ3v) is 4.19. The number of benzene rings is 1. The van der Waals surface area contributed by atoms with Crippen LogP contribution in [0, 0.1) is 5.82 Å². The van der Waals surface area contributed by atoms with Crippen LogP contribution in [0.3, 0.4) is 0 Å². The van der Waals surface area contributed by atoms with Gasteiger partial charge in [0.2, 0.25) is 0 Å². The van der Waals surface area contributed by atoms with Gasteiger partial charge in [-0.25, -0.2) is 4.39 Å². The average Bonchev–Trinajstić information content (AvgIpc) is 3.03. The van der Waals surface area contributed by atoms with E-state index < -0.39 is 0 Å². The predicted molar refractivity (Wildman–Crippen MR) is 107 cm³/mol. The molecule has 3 rings (SSSR count). The number of hydrogen-bond donors (Lipinski definition) is 2. The van der Waals surface area contributed by atoms with Crippen molar-refractivity contribution in [2.75, 3.05) is 13.6 Å². The fraction of sp³-hybridized carbons (Fsp3) is 0.471. The first-order valence-electron chi connectivity index (χ1n) is 8.36. The van der Waals surface area contributed by atoms with Crippen molar-refractivity contribution >= 4 is 29.9 Å². The molecule has 0 saturated carbocycles. The molecule has 6 nitrogen and oxygen atoms in total. The lowest BCUT2D eigenvalue weighted by Gasteiger charge is -2.16. The van der Waals surface area contributed by atoms with Gasteiger partial charge in [0.1, 0.15) is 11.6 Å². The molecule has 0 unspecified atom stereocenters. The van der Waals surface area contributed by atoms with Crippen LogP contribution < -0.4 is 10.6 Å². The third-order valence-electron chi connectivity index (χ3n) is 4.19.